The summed E-state index contributed by atoms with van der Waals surface area (Å²) in [7, 11) is 0. The van der Waals surface area contributed by atoms with Gasteiger partial charge in [-0.2, -0.15) is 0 Å². The quantitative estimate of drug-likeness (QED) is 0.623. The van der Waals surface area contributed by atoms with Gasteiger partial charge in [0.2, 0.25) is 0 Å². The molecular weight excluding hydrogens is 404 g/mol. The molecule has 3 aromatic rings. The van der Waals surface area contributed by atoms with Gasteiger partial charge in [-0.05, 0) is 42.8 Å². The van der Waals surface area contributed by atoms with Gasteiger partial charge in [0.15, 0.2) is 0 Å². The number of aromatic nitrogens is 1. The zero-order chi connectivity index (χ0) is 21.0. The minimum Gasteiger partial charge on any atom is -0.341 e. The Morgan fingerprint density at radius 1 is 1.10 bits per heavy atom. The molecule has 30 heavy (non-hydrogen) atoms. The fourth-order valence-electron chi connectivity index (χ4n) is 4.24. The number of halogens is 1. The van der Waals surface area contributed by atoms with Gasteiger partial charge in [0, 0.05) is 40.3 Å². The number of amides is 4. The molecule has 0 radical (unpaired) electrons. The molecule has 2 aliphatic heterocycles. The van der Waals surface area contributed by atoms with Crippen LogP contribution in [0, 0.1) is 0 Å². The first-order valence-electron chi connectivity index (χ1n) is 9.66. The summed E-state index contributed by atoms with van der Waals surface area (Å²) >= 11 is 6.14. The Morgan fingerprint density at radius 2 is 1.93 bits per heavy atom. The topological polar surface area (TPSA) is 83.4 Å². The van der Waals surface area contributed by atoms with Crippen LogP contribution in [0.1, 0.15) is 28.5 Å². The Bertz CT molecular complexity index is 1230. The number of carbonyl (C=O) groups is 3. The molecule has 152 valence electrons. The fraction of sp³-hybridized carbons (Fsp3) is 0.227. The van der Waals surface area contributed by atoms with E-state index in [1.54, 1.807) is 36.1 Å². The van der Waals surface area contributed by atoms with E-state index in [1.165, 1.54) is 0 Å². The maximum absolute atomic E-state index is 13.2. The Hall–Kier alpha value is -3.32. The molecule has 7 nitrogen and oxygen atoms in total. The number of hydrogen-bond acceptors (Lipinski definition) is 3. The van der Waals surface area contributed by atoms with Crippen LogP contribution in [-0.4, -0.2) is 33.9 Å². The minimum atomic E-state index is -1.19. The van der Waals surface area contributed by atoms with Crippen LogP contribution in [0.25, 0.3) is 10.9 Å². The molecule has 1 fully saturated rings. The van der Waals surface area contributed by atoms with Crippen LogP contribution in [0.15, 0.2) is 48.5 Å². The van der Waals surface area contributed by atoms with Gasteiger partial charge in [0.1, 0.15) is 5.54 Å². The van der Waals surface area contributed by atoms with E-state index in [2.05, 4.69) is 21.3 Å². The first-order chi connectivity index (χ1) is 14.3. The second-order valence-electron chi connectivity index (χ2n) is 7.83. The third kappa shape index (κ3) is 2.85. The second-order valence-corrected chi connectivity index (χ2v) is 8.27. The zero-order valence-corrected chi connectivity index (χ0v) is 17.0. The predicted octanol–water partition coefficient (Wildman–Crippen LogP) is 3.01. The minimum absolute atomic E-state index is 0.111. The first-order valence-corrected chi connectivity index (χ1v) is 10.0. The summed E-state index contributed by atoms with van der Waals surface area (Å²) in [5.74, 6) is -0.544. The number of rotatable bonds is 2. The molecule has 0 aliphatic carbocycles. The van der Waals surface area contributed by atoms with Crippen molar-refractivity contribution in [2.75, 3.05) is 6.54 Å². The van der Waals surface area contributed by atoms with Crippen LogP contribution in [0.5, 0.6) is 0 Å². The molecule has 3 heterocycles. The SMILES string of the molecule is CC1(c2cccc(C(=O)N3CCn4c(cc5ccc(Cl)cc54)C3)c2)NC(=O)NC1=O. The Balaban J connectivity index is 1.43. The van der Waals surface area contributed by atoms with E-state index in [-0.39, 0.29) is 5.91 Å². The van der Waals surface area contributed by atoms with E-state index in [0.29, 0.717) is 35.8 Å². The molecule has 1 unspecified atom stereocenters. The normalized spacial score (nSPS) is 20.8. The Labute approximate surface area is 177 Å². The van der Waals surface area contributed by atoms with Crippen molar-refractivity contribution in [3.8, 4) is 0 Å². The molecule has 2 aliphatic rings. The molecule has 1 aromatic heterocycles. The van der Waals surface area contributed by atoms with Gasteiger partial charge in [-0.25, -0.2) is 4.79 Å². The summed E-state index contributed by atoms with van der Waals surface area (Å²) in [6.45, 7) is 3.37. The Kier molecular flexibility index (Phi) is 4.11. The Morgan fingerprint density at radius 3 is 2.70 bits per heavy atom. The van der Waals surface area contributed by atoms with Gasteiger partial charge in [0.05, 0.1) is 6.54 Å². The third-order valence-corrected chi connectivity index (χ3v) is 6.15. The van der Waals surface area contributed by atoms with Crippen LogP contribution in [0.3, 0.4) is 0 Å². The summed E-state index contributed by atoms with van der Waals surface area (Å²) in [5, 5.41) is 6.67. The van der Waals surface area contributed by atoms with Crippen molar-refractivity contribution in [2.24, 2.45) is 0 Å². The molecule has 0 bridgehead atoms. The highest BCUT2D eigenvalue weighted by Gasteiger charge is 2.43. The number of benzene rings is 2. The third-order valence-electron chi connectivity index (χ3n) is 5.92. The van der Waals surface area contributed by atoms with E-state index < -0.39 is 17.5 Å². The molecule has 0 spiro atoms. The van der Waals surface area contributed by atoms with Gasteiger partial charge >= 0.3 is 6.03 Å². The van der Waals surface area contributed by atoms with Crippen LogP contribution in [0.4, 0.5) is 4.79 Å². The van der Waals surface area contributed by atoms with Crippen LogP contribution < -0.4 is 10.6 Å². The van der Waals surface area contributed by atoms with E-state index in [0.717, 1.165) is 16.6 Å². The maximum atomic E-state index is 13.2. The lowest BCUT2D eigenvalue weighted by Gasteiger charge is -2.29. The summed E-state index contributed by atoms with van der Waals surface area (Å²) in [6.07, 6.45) is 0. The number of urea groups is 1. The molecule has 8 heteroatoms. The maximum Gasteiger partial charge on any atom is 0.322 e. The summed E-state index contributed by atoms with van der Waals surface area (Å²) in [5.41, 5.74) is 1.98. The molecule has 0 saturated carbocycles. The van der Waals surface area contributed by atoms with Crippen molar-refractivity contribution in [3.63, 3.8) is 0 Å². The lowest BCUT2D eigenvalue weighted by molar-refractivity contribution is -0.123. The highest BCUT2D eigenvalue weighted by Crippen LogP contribution is 2.29. The molecule has 4 amide bonds. The standard InChI is InChI=1S/C22H19ClN4O3/c1-22(20(29)24-21(30)25-22)15-4-2-3-14(9-15)19(28)26-7-8-27-17(12-26)10-13-5-6-16(23)11-18(13)27/h2-6,9-11H,7-8,12H2,1H3,(H2,24,25,29,30). The van der Waals surface area contributed by atoms with Crippen molar-refractivity contribution in [3.05, 3.63) is 70.4 Å². The van der Waals surface area contributed by atoms with E-state index in [1.807, 2.05) is 18.2 Å². The average molecular weight is 423 g/mol. The molecule has 2 N–H and O–H groups in total. The smallest absolute Gasteiger partial charge is 0.322 e. The number of carbonyl (C=O) groups excluding carboxylic acids is 3. The molecule has 2 aromatic carbocycles. The van der Waals surface area contributed by atoms with Crippen molar-refractivity contribution in [1.82, 2.24) is 20.1 Å². The van der Waals surface area contributed by atoms with E-state index in [4.69, 9.17) is 11.6 Å². The molecule has 1 atom stereocenters. The van der Waals surface area contributed by atoms with Crippen LogP contribution in [0.2, 0.25) is 5.02 Å². The van der Waals surface area contributed by atoms with Gasteiger partial charge in [-0.3, -0.25) is 14.9 Å². The lowest BCUT2D eigenvalue weighted by atomic mass is 9.91. The second kappa shape index (κ2) is 6.60. The van der Waals surface area contributed by atoms with Crippen molar-refractivity contribution in [2.45, 2.75) is 25.6 Å². The predicted molar refractivity (Wildman–Crippen MR) is 112 cm³/mol. The molecule has 1 saturated heterocycles. The zero-order valence-electron chi connectivity index (χ0n) is 16.2. The highest BCUT2D eigenvalue weighted by molar-refractivity contribution is 6.31. The van der Waals surface area contributed by atoms with Gasteiger partial charge in [-0.1, -0.05) is 29.8 Å². The number of nitrogens with one attached hydrogen (secondary N) is 2. The highest BCUT2D eigenvalue weighted by atomic mass is 35.5. The van der Waals surface area contributed by atoms with Gasteiger partial charge < -0.3 is 14.8 Å². The lowest BCUT2D eigenvalue weighted by Crippen LogP contribution is -2.41. The number of nitrogens with zero attached hydrogens (tertiary/aromatic N) is 2. The van der Waals surface area contributed by atoms with Crippen LogP contribution >= 0.6 is 11.6 Å². The van der Waals surface area contributed by atoms with Crippen molar-refractivity contribution >= 4 is 40.3 Å². The fourth-order valence-corrected chi connectivity index (χ4v) is 4.41. The molecular formula is C22H19ClN4O3. The molecule has 5 rings (SSSR count). The summed E-state index contributed by atoms with van der Waals surface area (Å²) < 4.78 is 2.20. The van der Waals surface area contributed by atoms with Crippen molar-refractivity contribution in [1.29, 1.82) is 0 Å². The largest absolute Gasteiger partial charge is 0.341 e. The summed E-state index contributed by atoms with van der Waals surface area (Å²) in [4.78, 5) is 38.8. The number of imide groups is 1. The van der Waals surface area contributed by atoms with E-state index in [9.17, 15) is 14.4 Å². The van der Waals surface area contributed by atoms with Crippen molar-refractivity contribution < 1.29 is 14.4 Å². The number of fused-ring (bicyclic) bond motifs is 3. The number of hydrogen-bond donors (Lipinski definition) is 2. The first kappa shape index (κ1) is 18.7. The van der Waals surface area contributed by atoms with Gasteiger partial charge in [-0.15, -0.1) is 0 Å². The van der Waals surface area contributed by atoms with Gasteiger partial charge in [0.25, 0.3) is 11.8 Å². The average Bonchev–Trinajstić information content (AvgIpc) is 3.23. The van der Waals surface area contributed by atoms with Crippen LogP contribution in [-0.2, 0) is 23.4 Å². The summed E-state index contributed by atoms with van der Waals surface area (Å²) in [6, 6.07) is 14.2. The van der Waals surface area contributed by atoms with E-state index >= 15 is 0 Å². The monoisotopic (exact) mass is 422 g/mol.